The van der Waals surface area contributed by atoms with Gasteiger partial charge in [0.25, 0.3) is 0 Å². The quantitative estimate of drug-likeness (QED) is 0.660. The zero-order valence-corrected chi connectivity index (χ0v) is 7.21. The molecular formula is C9H15NO. The molecule has 0 fully saturated rings. The Kier molecular flexibility index (Phi) is 3.02. The van der Waals surface area contributed by atoms with Crippen molar-refractivity contribution in [3.63, 3.8) is 0 Å². The van der Waals surface area contributed by atoms with Crippen LogP contribution in [0.25, 0.3) is 0 Å². The van der Waals surface area contributed by atoms with Crippen LogP contribution in [-0.2, 0) is 0 Å². The molecule has 0 saturated heterocycles. The Hall–Kier alpha value is -0.920. The Labute approximate surface area is 67.8 Å². The molecule has 0 spiro atoms. The first-order chi connectivity index (χ1) is 5.34. The maximum atomic E-state index is 4.97. The molecule has 1 heterocycles. The summed E-state index contributed by atoms with van der Waals surface area (Å²) in [6, 6.07) is 1.98. The maximum Gasteiger partial charge on any atom is 0.114 e. The van der Waals surface area contributed by atoms with Gasteiger partial charge in [0.2, 0.25) is 0 Å². The summed E-state index contributed by atoms with van der Waals surface area (Å²) in [6.45, 7) is 3.30. The van der Waals surface area contributed by atoms with Crippen LogP contribution < -0.4 is 4.90 Å². The molecule has 1 aromatic rings. The average molecular weight is 153 g/mol. The van der Waals surface area contributed by atoms with Crippen molar-refractivity contribution in [3.8, 4) is 0 Å². The number of unbranched alkanes of at least 4 members (excludes halogenated alkanes) is 1. The average Bonchev–Trinajstić information content (AvgIpc) is 2.52. The van der Waals surface area contributed by atoms with Crippen molar-refractivity contribution in [1.29, 1.82) is 0 Å². The fraction of sp³-hybridized carbons (Fsp3) is 0.556. The zero-order chi connectivity index (χ0) is 8.10. The third-order valence-electron chi connectivity index (χ3n) is 1.79. The van der Waals surface area contributed by atoms with E-state index in [9.17, 15) is 0 Å². The van der Waals surface area contributed by atoms with E-state index in [1.807, 2.05) is 6.07 Å². The lowest BCUT2D eigenvalue weighted by Gasteiger charge is -2.15. The van der Waals surface area contributed by atoms with E-state index in [1.165, 1.54) is 18.5 Å². The van der Waals surface area contributed by atoms with E-state index in [-0.39, 0.29) is 0 Å². The lowest BCUT2D eigenvalue weighted by atomic mass is 10.3. The molecule has 2 heteroatoms. The largest absolute Gasteiger partial charge is 0.470 e. The minimum atomic E-state index is 1.11. The molecule has 0 atom stereocenters. The van der Waals surface area contributed by atoms with Gasteiger partial charge in [0.15, 0.2) is 0 Å². The highest BCUT2D eigenvalue weighted by atomic mass is 16.3. The molecule has 0 aliphatic rings. The predicted octanol–water partition coefficient (Wildman–Crippen LogP) is 2.52. The van der Waals surface area contributed by atoms with Crippen LogP contribution in [0, 0.1) is 0 Å². The summed E-state index contributed by atoms with van der Waals surface area (Å²) >= 11 is 0. The van der Waals surface area contributed by atoms with Crippen LogP contribution in [0.3, 0.4) is 0 Å². The molecule has 11 heavy (non-hydrogen) atoms. The standard InChI is InChI=1S/C9H15NO/c1-3-4-6-10(2)9-5-7-11-8-9/h5,7-8H,3-4,6H2,1-2H3. The van der Waals surface area contributed by atoms with Crippen LogP contribution in [-0.4, -0.2) is 13.6 Å². The van der Waals surface area contributed by atoms with E-state index in [0.29, 0.717) is 0 Å². The van der Waals surface area contributed by atoms with Crippen LogP contribution in [0.1, 0.15) is 19.8 Å². The highest BCUT2D eigenvalue weighted by Crippen LogP contribution is 2.12. The van der Waals surface area contributed by atoms with Gasteiger partial charge in [0, 0.05) is 13.6 Å². The SMILES string of the molecule is CCCCN(C)c1ccoc1. The molecule has 0 unspecified atom stereocenters. The van der Waals surface area contributed by atoms with Crippen LogP contribution in [0.4, 0.5) is 5.69 Å². The Bertz CT molecular complexity index is 181. The van der Waals surface area contributed by atoms with Crippen molar-refractivity contribution in [2.45, 2.75) is 19.8 Å². The molecule has 62 valence electrons. The van der Waals surface area contributed by atoms with Gasteiger partial charge in [-0.1, -0.05) is 13.3 Å². The molecule has 0 aliphatic carbocycles. The first-order valence-electron chi connectivity index (χ1n) is 4.08. The van der Waals surface area contributed by atoms with Crippen molar-refractivity contribution in [2.24, 2.45) is 0 Å². The van der Waals surface area contributed by atoms with E-state index in [1.54, 1.807) is 12.5 Å². The number of anilines is 1. The van der Waals surface area contributed by atoms with Crippen molar-refractivity contribution < 1.29 is 4.42 Å². The fourth-order valence-electron chi connectivity index (χ4n) is 0.999. The highest BCUT2D eigenvalue weighted by Gasteiger charge is 1.99. The van der Waals surface area contributed by atoms with Gasteiger partial charge < -0.3 is 9.32 Å². The molecule has 0 bridgehead atoms. The van der Waals surface area contributed by atoms with Crippen LogP contribution in [0.5, 0.6) is 0 Å². The Balaban J connectivity index is 2.36. The summed E-state index contributed by atoms with van der Waals surface area (Å²) < 4.78 is 4.97. The van der Waals surface area contributed by atoms with Gasteiger partial charge in [-0.15, -0.1) is 0 Å². The van der Waals surface area contributed by atoms with E-state index in [0.717, 1.165) is 6.54 Å². The number of rotatable bonds is 4. The number of hydrogen-bond acceptors (Lipinski definition) is 2. The Morgan fingerprint density at radius 1 is 1.55 bits per heavy atom. The molecule has 0 amide bonds. The van der Waals surface area contributed by atoms with E-state index in [2.05, 4.69) is 18.9 Å². The second kappa shape index (κ2) is 4.06. The Morgan fingerprint density at radius 3 is 2.91 bits per heavy atom. The summed E-state index contributed by atoms with van der Waals surface area (Å²) in [5.74, 6) is 0. The molecule has 0 radical (unpaired) electrons. The van der Waals surface area contributed by atoms with Crippen molar-refractivity contribution in [1.82, 2.24) is 0 Å². The second-order valence-corrected chi connectivity index (χ2v) is 2.76. The van der Waals surface area contributed by atoms with Gasteiger partial charge in [0.05, 0.1) is 12.0 Å². The summed E-state index contributed by atoms with van der Waals surface area (Å²) in [5.41, 5.74) is 1.17. The van der Waals surface area contributed by atoms with Crippen LogP contribution in [0.15, 0.2) is 23.0 Å². The Morgan fingerprint density at radius 2 is 2.36 bits per heavy atom. The lowest BCUT2D eigenvalue weighted by molar-refractivity contribution is 0.566. The predicted molar refractivity (Wildman–Crippen MR) is 46.9 cm³/mol. The first-order valence-corrected chi connectivity index (χ1v) is 4.08. The zero-order valence-electron chi connectivity index (χ0n) is 7.21. The van der Waals surface area contributed by atoms with Crippen molar-refractivity contribution in [3.05, 3.63) is 18.6 Å². The topological polar surface area (TPSA) is 16.4 Å². The monoisotopic (exact) mass is 153 g/mol. The third-order valence-corrected chi connectivity index (χ3v) is 1.79. The van der Waals surface area contributed by atoms with Gasteiger partial charge in [-0.05, 0) is 12.5 Å². The molecule has 2 nitrogen and oxygen atoms in total. The molecule has 1 rings (SSSR count). The summed E-state index contributed by atoms with van der Waals surface area (Å²) in [7, 11) is 2.08. The van der Waals surface area contributed by atoms with Gasteiger partial charge >= 0.3 is 0 Å². The van der Waals surface area contributed by atoms with E-state index < -0.39 is 0 Å². The van der Waals surface area contributed by atoms with Gasteiger partial charge in [-0.25, -0.2) is 0 Å². The smallest absolute Gasteiger partial charge is 0.114 e. The summed E-state index contributed by atoms with van der Waals surface area (Å²) in [6.07, 6.45) is 5.96. The number of hydrogen-bond donors (Lipinski definition) is 0. The summed E-state index contributed by atoms with van der Waals surface area (Å²) in [4.78, 5) is 2.20. The minimum absolute atomic E-state index is 1.11. The van der Waals surface area contributed by atoms with Gasteiger partial charge in [-0.2, -0.15) is 0 Å². The fourth-order valence-corrected chi connectivity index (χ4v) is 0.999. The molecule has 0 aliphatic heterocycles. The van der Waals surface area contributed by atoms with Crippen molar-refractivity contribution >= 4 is 5.69 Å². The first kappa shape index (κ1) is 8.18. The normalized spacial score (nSPS) is 10.0. The van der Waals surface area contributed by atoms with Gasteiger partial charge in [0.1, 0.15) is 6.26 Å². The van der Waals surface area contributed by atoms with Crippen molar-refractivity contribution in [2.75, 3.05) is 18.5 Å². The van der Waals surface area contributed by atoms with E-state index in [4.69, 9.17) is 4.42 Å². The number of nitrogens with zero attached hydrogens (tertiary/aromatic N) is 1. The minimum Gasteiger partial charge on any atom is -0.470 e. The second-order valence-electron chi connectivity index (χ2n) is 2.76. The lowest BCUT2D eigenvalue weighted by Crippen LogP contribution is -2.17. The van der Waals surface area contributed by atoms with Crippen LogP contribution in [0.2, 0.25) is 0 Å². The highest BCUT2D eigenvalue weighted by molar-refractivity contribution is 5.41. The van der Waals surface area contributed by atoms with E-state index >= 15 is 0 Å². The summed E-state index contributed by atoms with van der Waals surface area (Å²) in [5, 5.41) is 0. The molecule has 0 saturated carbocycles. The molecule has 0 aromatic carbocycles. The maximum absolute atomic E-state index is 4.97. The molecule has 1 aromatic heterocycles. The molecular weight excluding hydrogens is 138 g/mol. The molecule has 0 N–H and O–H groups in total. The third kappa shape index (κ3) is 2.30. The van der Waals surface area contributed by atoms with Crippen LogP contribution >= 0.6 is 0 Å². The van der Waals surface area contributed by atoms with Gasteiger partial charge in [-0.3, -0.25) is 0 Å². The number of furan rings is 1.